The average Bonchev–Trinajstić information content (AvgIpc) is 2.96. The zero-order valence-corrected chi connectivity index (χ0v) is 12.5. The lowest BCUT2D eigenvalue weighted by atomic mass is 10.00. The second kappa shape index (κ2) is 5.74. The topological polar surface area (TPSA) is 32.7 Å². The molecule has 2 aliphatic rings. The fraction of sp³-hybridized carbons (Fsp3) is 0.647. The Labute approximate surface area is 121 Å². The van der Waals surface area contributed by atoms with Crippen molar-refractivity contribution in [2.75, 3.05) is 26.2 Å². The normalized spacial score (nSPS) is 29.6. The van der Waals surface area contributed by atoms with Crippen LogP contribution in [0.25, 0.3) is 0 Å². The Morgan fingerprint density at radius 3 is 2.90 bits per heavy atom. The van der Waals surface area contributed by atoms with Gasteiger partial charge in [-0.3, -0.25) is 4.90 Å². The van der Waals surface area contributed by atoms with Crippen LogP contribution in [-0.4, -0.2) is 42.4 Å². The quantitative estimate of drug-likeness (QED) is 0.916. The maximum absolute atomic E-state index is 9.93. The molecular weight excluding hydrogens is 250 g/mol. The van der Waals surface area contributed by atoms with Crippen molar-refractivity contribution >= 4 is 0 Å². The molecular formula is C17H25NO2. The van der Waals surface area contributed by atoms with E-state index in [1.54, 1.807) is 0 Å². The van der Waals surface area contributed by atoms with E-state index in [2.05, 4.69) is 36.9 Å². The van der Waals surface area contributed by atoms with Crippen LogP contribution in [0.4, 0.5) is 0 Å². The third-order valence-electron chi connectivity index (χ3n) is 4.90. The molecule has 0 aromatic heterocycles. The molecule has 1 heterocycles. The highest BCUT2D eigenvalue weighted by molar-refractivity contribution is 5.35. The minimum absolute atomic E-state index is 0.0649. The molecule has 3 nitrogen and oxygen atoms in total. The van der Waals surface area contributed by atoms with Gasteiger partial charge in [0, 0.05) is 25.6 Å². The molecule has 3 atom stereocenters. The summed E-state index contributed by atoms with van der Waals surface area (Å²) < 4.78 is 5.92. The lowest BCUT2D eigenvalue weighted by Crippen LogP contribution is -2.28. The molecule has 1 aliphatic heterocycles. The standard InChI is InChI=1S/C17H25NO2/c1-12-3-4-13(2)17(9-12)20-8-7-18-10-14-5-6-16(19)15(14)11-18/h3-4,9,14-16,19H,5-8,10-11H2,1-2H3. The second-order valence-corrected chi connectivity index (χ2v) is 6.45. The van der Waals surface area contributed by atoms with Gasteiger partial charge in [0.2, 0.25) is 0 Å². The zero-order chi connectivity index (χ0) is 14.1. The van der Waals surface area contributed by atoms with Gasteiger partial charge >= 0.3 is 0 Å². The summed E-state index contributed by atoms with van der Waals surface area (Å²) in [5.41, 5.74) is 2.44. The summed E-state index contributed by atoms with van der Waals surface area (Å²) in [5, 5.41) is 9.93. The van der Waals surface area contributed by atoms with Crippen molar-refractivity contribution < 1.29 is 9.84 Å². The minimum atomic E-state index is -0.0649. The van der Waals surface area contributed by atoms with Crippen LogP contribution in [0.1, 0.15) is 24.0 Å². The number of fused-ring (bicyclic) bond motifs is 1. The number of aryl methyl sites for hydroxylation is 2. The van der Waals surface area contributed by atoms with Gasteiger partial charge in [-0.05, 0) is 49.8 Å². The van der Waals surface area contributed by atoms with Gasteiger partial charge < -0.3 is 9.84 Å². The van der Waals surface area contributed by atoms with Gasteiger partial charge in [-0.15, -0.1) is 0 Å². The Kier molecular flexibility index (Phi) is 3.99. The van der Waals surface area contributed by atoms with Crippen molar-refractivity contribution in [2.45, 2.75) is 32.8 Å². The minimum Gasteiger partial charge on any atom is -0.492 e. The molecule has 110 valence electrons. The Morgan fingerprint density at radius 1 is 1.25 bits per heavy atom. The highest BCUT2D eigenvalue weighted by atomic mass is 16.5. The van der Waals surface area contributed by atoms with Crippen LogP contribution in [0.15, 0.2) is 18.2 Å². The molecule has 0 spiro atoms. The van der Waals surface area contributed by atoms with Gasteiger partial charge in [0.25, 0.3) is 0 Å². The zero-order valence-electron chi connectivity index (χ0n) is 12.5. The van der Waals surface area contributed by atoms with Crippen LogP contribution < -0.4 is 4.74 Å². The molecule has 20 heavy (non-hydrogen) atoms. The van der Waals surface area contributed by atoms with Crippen LogP contribution in [0.3, 0.4) is 0 Å². The van der Waals surface area contributed by atoms with E-state index in [4.69, 9.17) is 4.74 Å². The number of aliphatic hydroxyl groups is 1. The molecule has 1 saturated carbocycles. The third-order valence-corrected chi connectivity index (χ3v) is 4.90. The van der Waals surface area contributed by atoms with E-state index < -0.39 is 0 Å². The predicted octanol–water partition coefficient (Wildman–Crippen LogP) is 2.38. The number of ether oxygens (including phenoxy) is 1. The van der Waals surface area contributed by atoms with E-state index in [1.807, 2.05) is 0 Å². The molecule has 0 amide bonds. The summed E-state index contributed by atoms with van der Waals surface area (Å²) in [6.45, 7) is 8.06. The molecule has 0 radical (unpaired) electrons. The molecule has 3 heteroatoms. The molecule has 0 bridgehead atoms. The van der Waals surface area contributed by atoms with Gasteiger partial charge in [-0.25, -0.2) is 0 Å². The molecule has 1 N–H and O–H groups in total. The van der Waals surface area contributed by atoms with Crippen LogP contribution in [0, 0.1) is 25.7 Å². The molecule has 1 aromatic carbocycles. The number of benzene rings is 1. The summed E-state index contributed by atoms with van der Waals surface area (Å²) in [4.78, 5) is 2.45. The number of hydrogen-bond donors (Lipinski definition) is 1. The van der Waals surface area contributed by atoms with Crippen LogP contribution >= 0.6 is 0 Å². The molecule has 2 fully saturated rings. The highest BCUT2D eigenvalue weighted by Gasteiger charge is 2.41. The summed E-state index contributed by atoms with van der Waals surface area (Å²) in [6, 6.07) is 6.34. The smallest absolute Gasteiger partial charge is 0.122 e. The van der Waals surface area contributed by atoms with Crippen LogP contribution in [-0.2, 0) is 0 Å². The number of aliphatic hydroxyl groups excluding tert-OH is 1. The van der Waals surface area contributed by atoms with Crippen molar-refractivity contribution in [2.24, 2.45) is 11.8 Å². The van der Waals surface area contributed by atoms with E-state index in [9.17, 15) is 5.11 Å². The van der Waals surface area contributed by atoms with E-state index in [-0.39, 0.29) is 6.10 Å². The van der Waals surface area contributed by atoms with Gasteiger partial charge in [0.15, 0.2) is 0 Å². The number of nitrogens with zero attached hydrogens (tertiary/aromatic N) is 1. The van der Waals surface area contributed by atoms with Crippen molar-refractivity contribution in [3.8, 4) is 5.75 Å². The lowest BCUT2D eigenvalue weighted by molar-refractivity contribution is 0.122. The SMILES string of the molecule is Cc1ccc(C)c(OCCN2CC3CCC(O)C3C2)c1. The maximum Gasteiger partial charge on any atom is 0.122 e. The molecule has 3 rings (SSSR count). The fourth-order valence-corrected chi connectivity index (χ4v) is 3.66. The number of likely N-dealkylation sites (tertiary alicyclic amines) is 1. The summed E-state index contributed by atoms with van der Waals surface area (Å²) >= 11 is 0. The van der Waals surface area contributed by atoms with Crippen LogP contribution in [0.2, 0.25) is 0 Å². The van der Waals surface area contributed by atoms with Crippen molar-refractivity contribution in [3.05, 3.63) is 29.3 Å². The average molecular weight is 275 g/mol. The largest absolute Gasteiger partial charge is 0.492 e. The van der Waals surface area contributed by atoms with Crippen molar-refractivity contribution in [1.29, 1.82) is 0 Å². The van der Waals surface area contributed by atoms with E-state index in [1.165, 1.54) is 17.5 Å². The van der Waals surface area contributed by atoms with Crippen LogP contribution in [0.5, 0.6) is 5.75 Å². The van der Waals surface area contributed by atoms with E-state index >= 15 is 0 Å². The summed E-state index contributed by atoms with van der Waals surface area (Å²) in [5.74, 6) is 2.23. The molecule has 1 aliphatic carbocycles. The van der Waals surface area contributed by atoms with Crippen molar-refractivity contribution in [3.63, 3.8) is 0 Å². The molecule has 1 aromatic rings. The number of hydrogen-bond acceptors (Lipinski definition) is 3. The van der Waals surface area contributed by atoms with E-state index in [0.29, 0.717) is 11.8 Å². The fourth-order valence-electron chi connectivity index (χ4n) is 3.66. The van der Waals surface area contributed by atoms with Gasteiger partial charge in [-0.2, -0.15) is 0 Å². The highest BCUT2D eigenvalue weighted by Crippen LogP contribution is 2.37. The Morgan fingerprint density at radius 2 is 2.10 bits per heavy atom. The first-order valence-corrected chi connectivity index (χ1v) is 7.74. The summed E-state index contributed by atoms with van der Waals surface area (Å²) in [7, 11) is 0. The Bertz CT molecular complexity index is 474. The first-order chi connectivity index (χ1) is 9.63. The predicted molar refractivity (Wildman–Crippen MR) is 80.1 cm³/mol. The van der Waals surface area contributed by atoms with Crippen molar-refractivity contribution in [1.82, 2.24) is 4.90 Å². The first-order valence-electron chi connectivity index (χ1n) is 7.74. The molecule has 3 unspecified atom stereocenters. The Hall–Kier alpha value is -1.06. The van der Waals surface area contributed by atoms with Gasteiger partial charge in [-0.1, -0.05) is 12.1 Å². The lowest BCUT2D eigenvalue weighted by Gasteiger charge is -2.18. The molecule has 1 saturated heterocycles. The second-order valence-electron chi connectivity index (χ2n) is 6.45. The number of rotatable bonds is 4. The van der Waals surface area contributed by atoms with Gasteiger partial charge in [0.1, 0.15) is 12.4 Å². The monoisotopic (exact) mass is 275 g/mol. The first kappa shape index (κ1) is 13.9. The third kappa shape index (κ3) is 2.84. The van der Waals surface area contributed by atoms with Gasteiger partial charge in [0.05, 0.1) is 6.10 Å². The summed E-state index contributed by atoms with van der Waals surface area (Å²) in [6.07, 6.45) is 2.13. The van der Waals surface area contributed by atoms with E-state index in [0.717, 1.165) is 38.4 Å². The maximum atomic E-state index is 9.93. The Balaban J connectivity index is 1.48.